The largest absolute Gasteiger partial charge is 0.427 e. The molecule has 0 spiro atoms. The summed E-state index contributed by atoms with van der Waals surface area (Å²) in [6.07, 6.45) is 12.0. The molecule has 1 heterocycles. The molecule has 1 unspecified atom stereocenters. The lowest BCUT2D eigenvalue weighted by Gasteiger charge is -2.37. The van der Waals surface area contributed by atoms with Crippen molar-refractivity contribution in [1.29, 1.82) is 5.26 Å². The molecule has 1 N–H and O–H groups in total. The molecule has 0 amide bonds. The first-order valence-corrected chi connectivity index (χ1v) is 8.58. The fourth-order valence-electron chi connectivity index (χ4n) is 2.84. The molecule has 24 heavy (non-hydrogen) atoms. The third kappa shape index (κ3) is 4.49. The molecule has 1 aromatic rings. The Hall–Kier alpha value is -1.58. The summed E-state index contributed by atoms with van der Waals surface area (Å²) in [5.74, 6) is 0.524. The van der Waals surface area contributed by atoms with E-state index in [4.69, 9.17) is 9.92 Å². The van der Waals surface area contributed by atoms with Crippen LogP contribution in [0.4, 0.5) is 0 Å². The molecule has 0 bridgehead atoms. The summed E-state index contributed by atoms with van der Waals surface area (Å²) in [6, 6.07) is 2.19. The minimum absolute atomic E-state index is 0.108. The molecule has 1 fully saturated rings. The third-order valence-corrected chi connectivity index (χ3v) is 5.14. The zero-order valence-corrected chi connectivity index (χ0v) is 15.1. The molecule has 1 aliphatic rings. The summed E-state index contributed by atoms with van der Waals surface area (Å²) < 4.78 is 7.69. The van der Waals surface area contributed by atoms with E-state index >= 15 is 0 Å². The Balaban J connectivity index is 2.07. The minimum atomic E-state index is -0.957. The van der Waals surface area contributed by atoms with Gasteiger partial charge in [0.1, 0.15) is 0 Å². The fraction of sp³-hybridized carbons (Fsp3) is 0.667. The predicted octanol–water partition coefficient (Wildman–Crippen LogP) is 2.50. The smallest absolute Gasteiger partial charge is 0.334 e. The van der Waals surface area contributed by atoms with Gasteiger partial charge in [0, 0.05) is 18.5 Å². The molecule has 0 saturated heterocycles. The van der Waals surface area contributed by atoms with E-state index in [9.17, 15) is 5.11 Å². The molecule has 2 rings (SSSR count). The van der Waals surface area contributed by atoms with Gasteiger partial charge in [-0.3, -0.25) is 4.68 Å². The van der Waals surface area contributed by atoms with Gasteiger partial charge in [-0.05, 0) is 58.0 Å². The quantitative estimate of drug-likeness (QED) is 0.617. The molecule has 1 aliphatic carbocycles. The molecule has 5 nitrogen and oxygen atoms in total. The standard InChI is InChI=1S/C18H27BN3O2/c1-17(2,23)18(3,4)24-19-15-12-21-22(13-15)16(10-7-11-20)14-8-5-6-9-14/h7,10,12-14,16,23H,5-6,8-9H2,1-4H3. The van der Waals surface area contributed by atoms with Gasteiger partial charge >= 0.3 is 7.48 Å². The number of hydrogen-bond acceptors (Lipinski definition) is 4. The monoisotopic (exact) mass is 328 g/mol. The van der Waals surface area contributed by atoms with Crippen molar-refractivity contribution < 1.29 is 9.76 Å². The van der Waals surface area contributed by atoms with Crippen molar-refractivity contribution >= 4 is 12.9 Å². The van der Waals surface area contributed by atoms with E-state index < -0.39 is 11.2 Å². The van der Waals surface area contributed by atoms with Gasteiger partial charge in [0.2, 0.25) is 0 Å². The molecular formula is C18H27BN3O2. The lowest BCUT2D eigenvalue weighted by molar-refractivity contribution is -0.0893. The third-order valence-electron chi connectivity index (χ3n) is 5.14. The van der Waals surface area contributed by atoms with Crippen LogP contribution in [-0.2, 0) is 4.65 Å². The van der Waals surface area contributed by atoms with Crippen LogP contribution in [0.1, 0.15) is 59.4 Å². The van der Waals surface area contributed by atoms with Gasteiger partial charge in [-0.2, -0.15) is 10.4 Å². The summed E-state index contributed by atoms with van der Waals surface area (Å²) in [4.78, 5) is 0. The molecule has 1 aromatic heterocycles. The number of allylic oxidation sites excluding steroid dienone is 2. The number of rotatable bonds is 7. The fourth-order valence-corrected chi connectivity index (χ4v) is 2.84. The normalized spacial score (nSPS) is 18.0. The Bertz CT molecular complexity index is 605. The minimum Gasteiger partial charge on any atom is -0.427 e. The van der Waals surface area contributed by atoms with Gasteiger partial charge in [0.15, 0.2) is 0 Å². The number of aliphatic hydroxyl groups is 1. The van der Waals surface area contributed by atoms with Crippen LogP contribution in [0.15, 0.2) is 24.5 Å². The number of nitrogens with zero attached hydrogens (tertiary/aromatic N) is 3. The summed E-state index contributed by atoms with van der Waals surface area (Å²) >= 11 is 0. The average Bonchev–Trinajstić information content (AvgIpc) is 3.16. The van der Waals surface area contributed by atoms with Gasteiger partial charge in [0.25, 0.3) is 0 Å². The molecule has 1 atom stereocenters. The maximum absolute atomic E-state index is 10.2. The van der Waals surface area contributed by atoms with Gasteiger partial charge in [-0.25, -0.2) is 0 Å². The highest BCUT2D eigenvalue weighted by Crippen LogP contribution is 2.34. The molecular weight excluding hydrogens is 301 g/mol. The second-order valence-electron chi connectivity index (χ2n) is 7.58. The second-order valence-corrected chi connectivity index (χ2v) is 7.58. The Morgan fingerprint density at radius 3 is 2.67 bits per heavy atom. The second kappa shape index (κ2) is 7.54. The lowest BCUT2D eigenvalue weighted by atomic mass is 9.84. The van der Waals surface area contributed by atoms with Crippen LogP contribution >= 0.6 is 0 Å². The molecule has 1 radical (unpaired) electrons. The van der Waals surface area contributed by atoms with Gasteiger partial charge in [-0.1, -0.05) is 12.8 Å². The highest BCUT2D eigenvalue weighted by atomic mass is 16.5. The van der Waals surface area contributed by atoms with E-state index in [1.54, 1.807) is 33.6 Å². The Labute approximate surface area is 145 Å². The maximum Gasteiger partial charge on any atom is 0.334 e. The number of aromatic nitrogens is 2. The van der Waals surface area contributed by atoms with Crippen molar-refractivity contribution in [1.82, 2.24) is 9.78 Å². The van der Waals surface area contributed by atoms with Crippen LogP contribution in [0.25, 0.3) is 0 Å². The van der Waals surface area contributed by atoms with Crippen LogP contribution < -0.4 is 5.46 Å². The highest BCUT2D eigenvalue weighted by molar-refractivity contribution is 6.46. The van der Waals surface area contributed by atoms with Crippen molar-refractivity contribution in [3.05, 3.63) is 24.5 Å². The zero-order valence-electron chi connectivity index (χ0n) is 15.1. The molecule has 6 heteroatoms. The van der Waals surface area contributed by atoms with Crippen molar-refractivity contribution in [3.63, 3.8) is 0 Å². The van der Waals surface area contributed by atoms with Crippen molar-refractivity contribution in [2.75, 3.05) is 0 Å². The Morgan fingerprint density at radius 2 is 2.08 bits per heavy atom. The first-order chi connectivity index (χ1) is 11.2. The van der Waals surface area contributed by atoms with Crippen LogP contribution in [0.3, 0.4) is 0 Å². The van der Waals surface area contributed by atoms with Crippen molar-refractivity contribution in [2.24, 2.45) is 5.92 Å². The molecule has 0 aromatic carbocycles. The van der Waals surface area contributed by atoms with Crippen molar-refractivity contribution in [2.45, 2.75) is 70.6 Å². The average molecular weight is 328 g/mol. The Morgan fingerprint density at radius 1 is 1.42 bits per heavy atom. The molecule has 1 saturated carbocycles. The van der Waals surface area contributed by atoms with Gasteiger partial charge in [0.05, 0.1) is 23.3 Å². The van der Waals surface area contributed by atoms with E-state index in [0.29, 0.717) is 5.92 Å². The summed E-state index contributed by atoms with van der Waals surface area (Å²) in [6.45, 7) is 7.16. The first-order valence-electron chi connectivity index (χ1n) is 8.58. The van der Waals surface area contributed by atoms with Crippen LogP contribution in [-0.4, -0.2) is 33.6 Å². The summed E-state index contributed by atoms with van der Waals surface area (Å²) in [7, 11) is 1.64. The topological polar surface area (TPSA) is 71.1 Å². The van der Waals surface area contributed by atoms with Crippen LogP contribution in [0.2, 0.25) is 0 Å². The maximum atomic E-state index is 10.2. The molecule has 129 valence electrons. The summed E-state index contributed by atoms with van der Waals surface area (Å²) in [5.41, 5.74) is -0.817. The van der Waals surface area contributed by atoms with E-state index in [1.165, 1.54) is 25.7 Å². The van der Waals surface area contributed by atoms with Gasteiger partial charge < -0.3 is 9.76 Å². The first kappa shape index (κ1) is 18.8. The van der Waals surface area contributed by atoms with Crippen LogP contribution in [0.5, 0.6) is 0 Å². The number of hydrogen-bond donors (Lipinski definition) is 1. The van der Waals surface area contributed by atoms with E-state index in [-0.39, 0.29) is 6.04 Å². The van der Waals surface area contributed by atoms with E-state index in [1.807, 2.05) is 30.8 Å². The molecule has 0 aliphatic heterocycles. The van der Waals surface area contributed by atoms with Crippen molar-refractivity contribution in [3.8, 4) is 6.07 Å². The predicted molar refractivity (Wildman–Crippen MR) is 94.8 cm³/mol. The zero-order chi connectivity index (χ0) is 17.8. The highest BCUT2D eigenvalue weighted by Gasteiger charge is 2.36. The van der Waals surface area contributed by atoms with E-state index in [0.717, 1.165) is 5.46 Å². The lowest BCUT2D eigenvalue weighted by Crippen LogP contribution is -2.49. The van der Waals surface area contributed by atoms with E-state index in [2.05, 4.69) is 11.2 Å². The van der Waals surface area contributed by atoms with Gasteiger partial charge in [-0.15, -0.1) is 0 Å². The Kier molecular flexibility index (Phi) is 5.90. The summed E-state index contributed by atoms with van der Waals surface area (Å²) in [5, 5.41) is 23.5. The van der Waals surface area contributed by atoms with Crippen LogP contribution in [0, 0.1) is 17.2 Å². The SMILES string of the molecule is CC(C)(O)C(C)(C)O[B]c1cnn(C(C=CC#N)C2CCCC2)c1. The number of nitriles is 1.